The van der Waals surface area contributed by atoms with E-state index in [1.165, 1.54) is 12.1 Å². The van der Waals surface area contributed by atoms with E-state index in [0.717, 1.165) is 17.6 Å². The molecule has 4 N–H and O–H groups in total. The summed E-state index contributed by atoms with van der Waals surface area (Å²) in [4.78, 5) is 33.4. The van der Waals surface area contributed by atoms with Gasteiger partial charge in [-0.05, 0) is 66.6 Å². The summed E-state index contributed by atoms with van der Waals surface area (Å²) < 4.78 is 18.5. The number of aromatic nitrogens is 3. The maximum Gasteiger partial charge on any atom is 0.311 e. The van der Waals surface area contributed by atoms with E-state index in [1.54, 1.807) is 30.3 Å². The van der Waals surface area contributed by atoms with E-state index in [2.05, 4.69) is 40.3 Å². The Morgan fingerprint density at radius 2 is 1.45 bits per heavy atom. The molecule has 0 unspecified atom stereocenters. The molecule has 206 valence electrons. The lowest BCUT2D eigenvalue weighted by atomic mass is 10.2. The second-order valence-electron chi connectivity index (χ2n) is 7.75. The normalized spacial score (nSPS) is 10.7. The molecule has 40 heavy (non-hydrogen) atoms. The van der Waals surface area contributed by atoms with Crippen LogP contribution in [-0.2, 0) is 9.37 Å². The van der Waals surface area contributed by atoms with Crippen molar-refractivity contribution in [1.82, 2.24) is 15.0 Å². The van der Waals surface area contributed by atoms with Gasteiger partial charge in [0.05, 0.1) is 28.0 Å². The Hall–Kier alpha value is -4.68. The first-order valence-electron chi connectivity index (χ1n) is 10.8. The molecule has 0 amide bonds. The van der Waals surface area contributed by atoms with Gasteiger partial charge in [0.2, 0.25) is 23.0 Å². The van der Waals surface area contributed by atoms with Crippen molar-refractivity contribution in [2.24, 2.45) is 0 Å². The molecule has 3 aromatic carbocycles. The fourth-order valence-electron chi connectivity index (χ4n) is 3.33. The second-order valence-corrected chi connectivity index (χ2v) is 8.83. The van der Waals surface area contributed by atoms with Crippen molar-refractivity contribution in [3.05, 3.63) is 91.5 Å². The van der Waals surface area contributed by atoms with Gasteiger partial charge in [-0.3, -0.25) is 20.2 Å². The molecule has 0 saturated carbocycles. The number of rotatable bonds is 11. The molecule has 0 bridgehead atoms. The summed E-state index contributed by atoms with van der Waals surface area (Å²) in [5, 5.41) is 42.7. The van der Waals surface area contributed by atoms with Crippen LogP contribution in [0.4, 0.5) is 50.4 Å². The van der Waals surface area contributed by atoms with Gasteiger partial charge in [0.1, 0.15) is 5.69 Å². The Bertz CT molecular complexity index is 1580. The van der Waals surface area contributed by atoms with Gasteiger partial charge in [-0.1, -0.05) is 5.04 Å². The van der Waals surface area contributed by atoms with Crippen molar-refractivity contribution in [1.29, 1.82) is 0 Å². The van der Waals surface area contributed by atoms with Crippen LogP contribution in [-0.4, -0.2) is 30.1 Å². The standard InChI is InChI=1S/C22H16ClFN8O7S/c1-11-8-14(6-7-19(11)40-39-38-37)27-22-29-20(23)28-21(30-22)26-13-4-2-12(3-5-13)25-16-9-15(24)17(31(33)34)10-18(16)32(35)36/h2-10,25,37H,1H3,(H2,26,27,28,29,30). The number of nitrogens with one attached hydrogen (secondary N) is 3. The molecule has 0 radical (unpaired) electrons. The first kappa shape index (κ1) is 28.3. The quantitative estimate of drug-likeness (QED) is 0.0642. The summed E-state index contributed by atoms with van der Waals surface area (Å²) in [6.45, 7) is 1.82. The van der Waals surface area contributed by atoms with E-state index in [-0.39, 0.29) is 22.9 Å². The summed E-state index contributed by atoms with van der Waals surface area (Å²) in [5.41, 5.74) is 0.359. The van der Waals surface area contributed by atoms with Crippen LogP contribution in [0.2, 0.25) is 5.28 Å². The predicted molar refractivity (Wildman–Crippen MR) is 143 cm³/mol. The van der Waals surface area contributed by atoms with Gasteiger partial charge < -0.3 is 16.0 Å². The average Bonchev–Trinajstić information content (AvgIpc) is 2.89. The van der Waals surface area contributed by atoms with E-state index in [0.29, 0.717) is 34.1 Å². The molecule has 0 saturated heterocycles. The molecule has 0 aliphatic rings. The summed E-state index contributed by atoms with van der Waals surface area (Å²) in [5.74, 6) is -0.973. The third-order valence-electron chi connectivity index (χ3n) is 5.07. The van der Waals surface area contributed by atoms with Gasteiger partial charge in [-0.2, -0.15) is 19.3 Å². The Morgan fingerprint density at radius 1 is 0.875 bits per heavy atom. The zero-order chi connectivity index (χ0) is 28.8. The Morgan fingerprint density at radius 3 is 2.02 bits per heavy atom. The summed E-state index contributed by atoms with van der Waals surface area (Å²) in [6, 6.07) is 12.7. The molecular weight excluding hydrogens is 575 g/mol. The molecule has 18 heteroatoms. The van der Waals surface area contributed by atoms with Gasteiger partial charge in [-0.25, -0.2) is 5.26 Å². The highest BCUT2D eigenvalue weighted by molar-refractivity contribution is 7.94. The Kier molecular flexibility index (Phi) is 8.82. The van der Waals surface area contributed by atoms with E-state index in [9.17, 15) is 24.6 Å². The number of anilines is 6. The number of nitro groups is 2. The molecule has 0 aliphatic carbocycles. The number of hydrogen-bond donors (Lipinski definition) is 4. The number of benzene rings is 3. The number of aryl methyl sites for hydroxylation is 1. The highest BCUT2D eigenvalue weighted by Gasteiger charge is 2.25. The Balaban J connectivity index is 1.47. The van der Waals surface area contributed by atoms with Gasteiger partial charge in [0.15, 0.2) is 0 Å². The smallest absolute Gasteiger partial charge is 0.311 e. The minimum atomic E-state index is -1.22. The van der Waals surface area contributed by atoms with Gasteiger partial charge in [0.25, 0.3) is 5.69 Å². The SMILES string of the molecule is Cc1cc(Nc2nc(Cl)nc(Nc3ccc(Nc4cc(F)c([N+](=O)[O-])cc4[N+](=O)[O-])cc3)n2)ccc1SOOO. The molecule has 0 fully saturated rings. The van der Waals surface area contributed by atoms with Crippen molar-refractivity contribution in [3.63, 3.8) is 0 Å². The minimum absolute atomic E-state index is 0.0943. The number of nitrogens with zero attached hydrogens (tertiary/aromatic N) is 5. The maximum atomic E-state index is 14.1. The van der Waals surface area contributed by atoms with E-state index >= 15 is 0 Å². The molecular formula is C22H16ClFN8O7S. The van der Waals surface area contributed by atoms with E-state index < -0.39 is 27.0 Å². The van der Waals surface area contributed by atoms with Crippen LogP contribution in [0.25, 0.3) is 0 Å². The monoisotopic (exact) mass is 590 g/mol. The molecule has 15 nitrogen and oxygen atoms in total. The highest BCUT2D eigenvalue weighted by atomic mass is 35.5. The molecule has 4 rings (SSSR count). The molecule has 1 aromatic heterocycles. The van der Waals surface area contributed by atoms with E-state index in [4.69, 9.17) is 16.9 Å². The topological polar surface area (TPSA) is 200 Å². The second kappa shape index (κ2) is 12.5. The fraction of sp³-hybridized carbons (Fsp3) is 0.0455. The lowest BCUT2D eigenvalue weighted by Crippen LogP contribution is -2.04. The van der Waals surface area contributed by atoms with Crippen LogP contribution < -0.4 is 16.0 Å². The summed E-state index contributed by atoms with van der Waals surface area (Å²) in [7, 11) is 0. The molecule has 0 aliphatic heterocycles. The summed E-state index contributed by atoms with van der Waals surface area (Å²) >= 11 is 6.88. The Labute approximate surface area is 232 Å². The predicted octanol–water partition coefficient (Wildman–Crippen LogP) is 6.45. The van der Waals surface area contributed by atoms with Crippen LogP contribution in [0, 0.1) is 33.0 Å². The van der Waals surface area contributed by atoms with Gasteiger partial charge in [0, 0.05) is 28.0 Å². The van der Waals surface area contributed by atoms with Crippen LogP contribution >= 0.6 is 23.6 Å². The largest absolute Gasteiger partial charge is 0.350 e. The molecule has 0 atom stereocenters. The average molecular weight is 591 g/mol. The number of nitro benzene ring substituents is 2. The van der Waals surface area contributed by atoms with Crippen LogP contribution in [0.3, 0.4) is 0 Å². The fourth-order valence-corrected chi connectivity index (χ4v) is 3.90. The number of hydrogen-bond acceptors (Lipinski definition) is 14. The van der Waals surface area contributed by atoms with Crippen LogP contribution in [0.5, 0.6) is 0 Å². The van der Waals surface area contributed by atoms with Crippen LogP contribution in [0.15, 0.2) is 59.5 Å². The van der Waals surface area contributed by atoms with Crippen molar-refractivity contribution in [3.8, 4) is 0 Å². The maximum absolute atomic E-state index is 14.1. The number of halogens is 2. The third kappa shape index (κ3) is 7.04. The molecule has 0 spiro atoms. The van der Waals surface area contributed by atoms with Gasteiger partial charge in [-0.15, -0.1) is 4.33 Å². The lowest BCUT2D eigenvalue weighted by Gasteiger charge is -2.11. The third-order valence-corrected chi connectivity index (χ3v) is 6.01. The van der Waals surface area contributed by atoms with Crippen molar-refractivity contribution < 1.29 is 28.9 Å². The zero-order valence-corrected chi connectivity index (χ0v) is 21.6. The summed E-state index contributed by atoms with van der Waals surface area (Å²) in [6.07, 6.45) is 0. The minimum Gasteiger partial charge on any atom is -0.350 e. The molecule has 4 aromatic rings. The highest BCUT2D eigenvalue weighted by Crippen LogP contribution is 2.34. The lowest BCUT2D eigenvalue weighted by molar-refractivity contribution is -0.432. The first-order valence-corrected chi connectivity index (χ1v) is 12.0. The van der Waals surface area contributed by atoms with Crippen molar-refractivity contribution in [2.45, 2.75) is 11.8 Å². The van der Waals surface area contributed by atoms with Crippen LogP contribution in [0.1, 0.15) is 5.56 Å². The van der Waals surface area contributed by atoms with Gasteiger partial charge >= 0.3 is 5.69 Å². The van der Waals surface area contributed by atoms with Crippen molar-refractivity contribution in [2.75, 3.05) is 16.0 Å². The first-order chi connectivity index (χ1) is 19.1. The van der Waals surface area contributed by atoms with Crippen molar-refractivity contribution >= 4 is 69.7 Å². The zero-order valence-electron chi connectivity index (χ0n) is 20.0. The molecule has 1 heterocycles. The van der Waals surface area contributed by atoms with E-state index in [1.807, 2.05) is 6.92 Å².